The van der Waals surface area contributed by atoms with Crippen molar-refractivity contribution in [1.29, 1.82) is 0 Å². The number of hydroxylamine groups is 1. The molecule has 8 heteroatoms. The largest absolute Gasteiger partial charge is 0.457 e. The number of amides is 1. The summed E-state index contributed by atoms with van der Waals surface area (Å²) in [6.07, 6.45) is -3.13. The SMILES string of the molecule is CC(C)(CNCc1ccc(Oc2ccc(C(F)(F)F)cc2)cc1)C(=O)NO.CCC. The topological polar surface area (TPSA) is 70.6 Å². The summed E-state index contributed by atoms with van der Waals surface area (Å²) in [5.74, 6) is 0.333. The normalized spacial score (nSPS) is 11.3. The Kier molecular flexibility index (Phi) is 9.81. The Morgan fingerprint density at radius 3 is 1.87 bits per heavy atom. The van der Waals surface area contributed by atoms with Crippen LogP contribution in [0.1, 0.15) is 45.2 Å². The Bertz CT molecular complexity index is 774. The van der Waals surface area contributed by atoms with E-state index in [2.05, 4.69) is 19.2 Å². The molecule has 166 valence electrons. The lowest BCUT2D eigenvalue weighted by atomic mass is 9.92. The van der Waals surface area contributed by atoms with Gasteiger partial charge in [0.2, 0.25) is 5.91 Å². The van der Waals surface area contributed by atoms with Crippen molar-refractivity contribution in [3.8, 4) is 11.5 Å². The molecule has 3 N–H and O–H groups in total. The number of carbonyl (C=O) groups is 1. The molecule has 1 amide bonds. The molecule has 0 bridgehead atoms. The maximum atomic E-state index is 12.5. The van der Waals surface area contributed by atoms with Gasteiger partial charge in [-0.1, -0.05) is 32.4 Å². The Hall–Kier alpha value is -2.58. The van der Waals surface area contributed by atoms with Gasteiger partial charge < -0.3 is 10.1 Å². The summed E-state index contributed by atoms with van der Waals surface area (Å²) in [6.45, 7) is 8.52. The molecule has 0 fully saturated rings. The van der Waals surface area contributed by atoms with Crippen LogP contribution in [-0.2, 0) is 17.5 Å². The molecule has 0 aliphatic rings. The van der Waals surface area contributed by atoms with Crippen LogP contribution in [0.3, 0.4) is 0 Å². The fourth-order valence-corrected chi connectivity index (χ4v) is 2.27. The zero-order chi connectivity index (χ0) is 22.8. The molecule has 2 aromatic rings. The van der Waals surface area contributed by atoms with E-state index in [4.69, 9.17) is 9.94 Å². The predicted molar refractivity (Wildman–Crippen MR) is 109 cm³/mol. The van der Waals surface area contributed by atoms with Gasteiger partial charge in [0.25, 0.3) is 0 Å². The summed E-state index contributed by atoms with van der Waals surface area (Å²) >= 11 is 0. The second-order valence-corrected chi connectivity index (χ2v) is 7.40. The van der Waals surface area contributed by atoms with Gasteiger partial charge in [0.15, 0.2) is 0 Å². The van der Waals surface area contributed by atoms with Gasteiger partial charge in [0, 0.05) is 13.1 Å². The molecule has 2 rings (SSSR count). The molecule has 0 heterocycles. The number of alkyl halides is 3. The van der Waals surface area contributed by atoms with Crippen LogP contribution in [-0.4, -0.2) is 17.7 Å². The van der Waals surface area contributed by atoms with Crippen LogP contribution >= 0.6 is 0 Å². The molecule has 0 radical (unpaired) electrons. The number of hydrogen-bond donors (Lipinski definition) is 3. The third-order valence-electron chi connectivity index (χ3n) is 3.95. The van der Waals surface area contributed by atoms with Crippen molar-refractivity contribution in [2.24, 2.45) is 5.41 Å². The Balaban J connectivity index is 0.00000141. The number of halogens is 3. The van der Waals surface area contributed by atoms with Gasteiger partial charge in [0.05, 0.1) is 11.0 Å². The van der Waals surface area contributed by atoms with Crippen LogP contribution in [0.5, 0.6) is 11.5 Å². The number of nitrogens with one attached hydrogen (secondary N) is 2. The summed E-state index contributed by atoms with van der Waals surface area (Å²) in [5, 5.41) is 11.8. The number of carbonyl (C=O) groups excluding carboxylic acids is 1. The first-order valence-corrected chi connectivity index (χ1v) is 9.62. The minimum atomic E-state index is -4.38. The lowest BCUT2D eigenvalue weighted by Gasteiger charge is -2.22. The second kappa shape index (κ2) is 11.6. The van der Waals surface area contributed by atoms with Gasteiger partial charge in [-0.05, 0) is 55.8 Å². The smallest absolute Gasteiger partial charge is 0.416 e. The van der Waals surface area contributed by atoms with Crippen molar-refractivity contribution in [1.82, 2.24) is 10.8 Å². The van der Waals surface area contributed by atoms with Crippen LogP contribution in [0.2, 0.25) is 0 Å². The molecule has 2 aromatic carbocycles. The van der Waals surface area contributed by atoms with Gasteiger partial charge in [0.1, 0.15) is 11.5 Å². The summed E-state index contributed by atoms with van der Waals surface area (Å²) in [4.78, 5) is 11.5. The van der Waals surface area contributed by atoms with E-state index < -0.39 is 23.1 Å². The van der Waals surface area contributed by atoms with Crippen molar-refractivity contribution in [3.63, 3.8) is 0 Å². The molecule has 0 saturated heterocycles. The fraction of sp³-hybridized carbons (Fsp3) is 0.409. The van der Waals surface area contributed by atoms with Gasteiger partial charge >= 0.3 is 6.18 Å². The molecular weight excluding hydrogens is 397 g/mol. The van der Waals surface area contributed by atoms with Crippen LogP contribution in [0.15, 0.2) is 48.5 Å². The highest BCUT2D eigenvalue weighted by atomic mass is 19.4. The maximum absolute atomic E-state index is 12.5. The van der Waals surface area contributed by atoms with Gasteiger partial charge in [-0.25, -0.2) is 5.48 Å². The second-order valence-electron chi connectivity index (χ2n) is 7.40. The molecule has 0 spiro atoms. The quantitative estimate of drug-likeness (QED) is 0.402. The fourth-order valence-electron chi connectivity index (χ4n) is 2.27. The zero-order valence-corrected chi connectivity index (χ0v) is 17.6. The van der Waals surface area contributed by atoms with E-state index in [0.29, 0.717) is 24.6 Å². The van der Waals surface area contributed by atoms with Crippen LogP contribution in [0.4, 0.5) is 13.2 Å². The minimum absolute atomic E-state index is 0.311. The van der Waals surface area contributed by atoms with E-state index in [0.717, 1.165) is 17.7 Å². The molecule has 0 aliphatic heterocycles. The molecule has 0 aliphatic carbocycles. The average Bonchev–Trinajstić information content (AvgIpc) is 2.69. The third kappa shape index (κ3) is 8.42. The Labute approximate surface area is 175 Å². The Morgan fingerprint density at radius 1 is 0.967 bits per heavy atom. The van der Waals surface area contributed by atoms with Crippen molar-refractivity contribution < 1.29 is 27.9 Å². The lowest BCUT2D eigenvalue weighted by molar-refractivity contribution is -0.138. The first kappa shape index (κ1) is 25.5. The molecule has 0 aromatic heterocycles. The monoisotopic (exact) mass is 426 g/mol. The summed E-state index contributed by atoms with van der Waals surface area (Å²) < 4.78 is 43.2. The number of ether oxygens (including phenoxy) is 1. The van der Waals surface area contributed by atoms with Gasteiger partial charge in [-0.15, -0.1) is 0 Å². The van der Waals surface area contributed by atoms with Crippen molar-refractivity contribution in [2.45, 2.75) is 46.8 Å². The highest BCUT2D eigenvalue weighted by Gasteiger charge is 2.30. The highest BCUT2D eigenvalue weighted by Crippen LogP contribution is 2.31. The Morgan fingerprint density at radius 2 is 1.43 bits per heavy atom. The van der Waals surface area contributed by atoms with Crippen LogP contribution in [0.25, 0.3) is 0 Å². The number of rotatable bonds is 7. The van der Waals surface area contributed by atoms with Gasteiger partial charge in [-0.2, -0.15) is 13.2 Å². The van der Waals surface area contributed by atoms with Crippen molar-refractivity contribution in [2.75, 3.05) is 6.54 Å². The maximum Gasteiger partial charge on any atom is 0.416 e. The van der Waals surface area contributed by atoms with E-state index in [1.165, 1.54) is 18.6 Å². The predicted octanol–water partition coefficient (Wildman–Crippen LogP) is 5.54. The molecule has 0 atom stereocenters. The van der Waals surface area contributed by atoms with Crippen molar-refractivity contribution >= 4 is 5.91 Å². The lowest BCUT2D eigenvalue weighted by Crippen LogP contribution is -2.42. The molecule has 0 unspecified atom stereocenters. The minimum Gasteiger partial charge on any atom is -0.457 e. The third-order valence-corrected chi connectivity index (χ3v) is 3.95. The average molecular weight is 426 g/mol. The van der Waals surface area contributed by atoms with Crippen molar-refractivity contribution in [3.05, 3.63) is 59.7 Å². The molecule has 5 nitrogen and oxygen atoms in total. The van der Waals surface area contributed by atoms with Crippen LogP contribution in [0, 0.1) is 5.41 Å². The van der Waals surface area contributed by atoms with Gasteiger partial charge in [-0.3, -0.25) is 10.0 Å². The zero-order valence-electron chi connectivity index (χ0n) is 17.6. The van der Waals surface area contributed by atoms with E-state index in [1.54, 1.807) is 31.5 Å². The molecule has 0 saturated carbocycles. The summed E-state index contributed by atoms with van der Waals surface area (Å²) in [6, 6.07) is 11.5. The number of benzene rings is 2. The van der Waals surface area contributed by atoms with Crippen LogP contribution < -0.4 is 15.5 Å². The molecular formula is C22H29F3N2O3. The van der Waals surface area contributed by atoms with E-state index in [-0.39, 0.29) is 0 Å². The summed E-state index contributed by atoms with van der Waals surface area (Å²) in [7, 11) is 0. The summed E-state index contributed by atoms with van der Waals surface area (Å²) in [5.41, 5.74) is 1.09. The number of hydrogen-bond acceptors (Lipinski definition) is 4. The highest BCUT2D eigenvalue weighted by molar-refractivity contribution is 5.80. The first-order chi connectivity index (χ1) is 14.0. The standard InChI is InChI=1S/C19H21F3N2O3.C3H8/c1-18(2,17(25)24-26)12-23-11-13-3-7-15(8-4-13)27-16-9-5-14(6-10-16)19(20,21)22;1-3-2/h3-10,23,26H,11-12H2,1-2H3,(H,24,25);3H2,1-2H3. The molecule has 30 heavy (non-hydrogen) atoms. The van der Waals surface area contributed by atoms with E-state index in [1.807, 2.05) is 12.1 Å². The van der Waals surface area contributed by atoms with E-state index >= 15 is 0 Å². The first-order valence-electron chi connectivity index (χ1n) is 9.62. The van der Waals surface area contributed by atoms with E-state index in [9.17, 15) is 18.0 Å².